The first-order chi connectivity index (χ1) is 45.5. The van der Waals surface area contributed by atoms with Crippen LogP contribution in [0.3, 0.4) is 0 Å². The number of carboxylic acids is 8. The minimum absolute atomic E-state index is 0.0868. The van der Waals surface area contributed by atoms with Crippen molar-refractivity contribution < 1.29 is 79.2 Å². The SMILES string of the molecule is CC1=C(CCC(=O)O)c2cc3[nH]c(cc4[nH]c(cc5nc(cc1n2)C(C)=C5CCC(=O)O)c(CCC(=O)O)c4C)c(CCC(=O)O)c3C.CC1=C(CCC(=O)O)c2cc3nc(cc4[nH]c(cc5[nH]c(cc1n2)c(CCC(=O)O)c5C)c(CCC(=O)O)c4C)C(CCC(=O)O)=C3C. The molecule has 0 spiro atoms. The van der Waals surface area contributed by atoms with Crippen molar-refractivity contribution in [3.05, 3.63) is 139 Å². The van der Waals surface area contributed by atoms with Gasteiger partial charge in [0.15, 0.2) is 0 Å². The molecule has 500 valence electrons. The number of nitrogens with one attached hydrogen (secondary N) is 4. The van der Waals surface area contributed by atoms with Gasteiger partial charge in [0.1, 0.15) is 0 Å². The Morgan fingerprint density at radius 3 is 0.677 bits per heavy atom. The summed E-state index contributed by atoms with van der Waals surface area (Å²) in [6.45, 7) is 15.1. The van der Waals surface area contributed by atoms with E-state index < -0.39 is 47.8 Å². The summed E-state index contributed by atoms with van der Waals surface area (Å²) in [6.07, 6.45) is 1.18. The lowest BCUT2D eigenvalue weighted by Gasteiger charge is -2.04. The number of carbonyl (C=O) groups is 8. The topological polar surface area (TPSA) is 413 Å². The van der Waals surface area contributed by atoms with E-state index in [2.05, 4.69) is 19.9 Å². The monoisotopic (exact) mass is 1310 g/mol. The van der Waals surface area contributed by atoms with E-state index in [0.717, 1.165) is 89.1 Å². The van der Waals surface area contributed by atoms with Crippen molar-refractivity contribution in [2.75, 3.05) is 0 Å². The molecule has 10 rings (SSSR count). The van der Waals surface area contributed by atoms with Crippen LogP contribution in [-0.2, 0) is 64.0 Å². The van der Waals surface area contributed by atoms with Gasteiger partial charge in [0.25, 0.3) is 0 Å². The van der Waals surface area contributed by atoms with Gasteiger partial charge >= 0.3 is 47.8 Å². The summed E-state index contributed by atoms with van der Waals surface area (Å²) >= 11 is 0. The first-order valence-electron chi connectivity index (χ1n) is 31.5. The second-order valence-electron chi connectivity index (χ2n) is 24.5. The average molecular weight is 1310 g/mol. The smallest absolute Gasteiger partial charge is 0.303 e. The Hall–Kier alpha value is -11.0. The molecule has 0 aliphatic carbocycles. The average Bonchev–Trinajstić information content (AvgIpc) is 1.63. The highest BCUT2D eigenvalue weighted by atomic mass is 16.4. The molecule has 16 bridgehead atoms. The summed E-state index contributed by atoms with van der Waals surface area (Å²) in [5.74, 6) is -7.51. The molecule has 24 heteroatoms. The van der Waals surface area contributed by atoms with Gasteiger partial charge in [0.2, 0.25) is 0 Å². The number of fused-ring (bicyclic) bond motifs is 16. The van der Waals surface area contributed by atoms with Crippen LogP contribution in [0.15, 0.2) is 48.5 Å². The van der Waals surface area contributed by atoms with E-state index in [1.165, 1.54) is 0 Å². The highest BCUT2D eigenvalue weighted by molar-refractivity contribution is 5.99. The van der Waals surface area contributed by atoms with Gasteiger partial charge in [-0.2, -0.15) is 0 Å². The van der Waals surface area contributed by atoms with Gasteiger partial charge in [-0.1, -0.05) is 0 Å². The summed E-state index contributed by atoms with van der Waals surface area (Å²) in [6, 6.07) is 14.8. The Morgan fingerprint density at radius 1 is 0.250 bits per heavy atom. The second-order valence-corrected chi connectivity index (χ2v) is 24.5. The Morgan fingerprint density at radius 2 is 0.427 bits per heavy atom. The highest BCUT2D eigenvalue weighted by Gasteiger charge is 2.26. The molecule has 10 heterocycles. The van der Waals surface area contributed by atoms with E-state index in [1.54, 1.807) is 6.07 Å². The van der Waals surface area contributed by atoms with E-state index in [0.29, 0.717) is 89.7 Å². The number of aromatic nitrogens is 8. The van der Waals surface area contributed by atoms with Gasteiger partial charge in [0, 0.05) is 95.5 Å². The van der Waals surface area contributed by atoms with Crippen LogP contribution in [0.2, 0.25) is 0 Å². The second kappa shape index (κ2) is 29.1. The third kappa shape index (κ3) is 15.6. The molecule has 0 saturated carbocycles. The van der Waals surface area contributed by atoms with Gasteiger partial charge in [-0.3, -0.25) is 38.4 Å². The fraction of sp³-hybridized carbons (Fsp3) is 0.333. The normalized spacial score (nSPS) is 12.9. The lowest BCUT2D eigenvalue weighted by molar-refractivity contribution is -0.138. The molecular weight excluding hydrogens is 1230 g/mol. The van der Waals surface area contributed by atoms with Crippen molar-refractivity contribution in [1.29, 1.82) is 0 Å². The highest BCUT2D eigenvalue weighted by Crippen LogP contribution is 2.41. The molecule has 4 aliphatic heterocycles. The largest absolute Gasteiger partial charge is 0.481 e. The fourth-order valence-electron chi connectivity index (χ4n) is 12.8. The van der Waals surface area contributed by atoms with Crippen LogP contribution in [0.5, 0.6) is 0 Å². The summed E-state index contributed by atoms with van der Waals surface area (Å²) < 4.78 is 0. The van der Waals surface area contributed by atoms with Crippen molar-refractivity contribution in [3.8, 4) is 0 Å². The van der Waals surface area contributed by atoms with Crippen molar-refractivity contribution in [2.45, 2.75) is 158 Å². The number of carboxylic acid groups (broad SMARTS) is 8. The van der Waals surface area contributed by atoms with Gasteiger partial charge in [-0.25, -0.2) is 19.9 Å². The fourth-order valence-corrected chi connectivity index (χ4v) is 12.8. The molecule has 0 atom stereocenters. The van der Waals surface area contributed by atoms with Crippen molar-refractivity contribution in [3.63, 3.8) is 0 Å². The third-order valence-corrected chi connectivity index (χ3v) is 18.3. The van der Waals surface area contributed by atoms with Crippen LogP contribution in [0, 0.1) is 27.7 Å². The lowest BCUT2D eigenvalue weighted by atomic mass is 9.98. The maximum Gasteiger partial charge on any atom is 0.303 e. The van der Waals surface area contributed by atoms with E-state index in [4.69, 9.17) is 19.9 Å². The first-order valence-corrected chi connectivity index (χ1v) is 31.5. The number of H-pyrrole nitrogens is 4. The maximum atomic E-state index is 11.6. The van der Waals surface area contributed by atoms with Crippen molar-refractivity contribution >= 4 is 136 Å². The zero-order valence-electron chi connectivity index (χ0n) is 54.6. The minimum Gasteiger partial charge on any atom is -0.481 e. The molecule has 0 amide bonds. The molecule has 6 aromatic heterocycles. The molecule has 24 nitrogen and oxygen atoms in total. The number of aromatic amines is 4. The minimum atomic E-state index is -0.948. The molecule has 6 aromatic rings. The quantitative estimate of drug-likeness (QED) is 0.0268. The zero-order valence-corrected chi connectivity index (χ0v) is 54.6. The van der Waals surface area contributed by atoms with Crippen LogP contribution < -0.4 is 0 Å². The molecule has 96 heavy (non-hydrogen) atoms. The maximum absolute atomic E-state index is 11.6. The van der Waals surface area contributed by atoms with E-state index in [1.807, 2.05) is 97.9 Å². The van der Waals surface area contributed by atoms with Crippen LogP contribution in [0.1, 0.15) is 195 Å². The number of aryl methyl sites for hydroxylation is 8. The molecular formula is C72H76N8O16. The molecule has 0 unspecified atom stereocenters. The Balaban J connectivity index is 0.000000225. The number of rotatable bonds is 24. The van der Waals surface area contributed by atoms with Gasteiger partial charge in [-0.05, 0) is 244 Å². The van der Waals surface area contributed by atoms with Crippen LogP contribution >= 0.6 is 0 Å². The zero-order chi connectivity index (χ0) is 69.7. The number of aliphatic carboxylic acids is 8. The predicted octanol–water partition coefficient (Wildman–Crippen LogP) is 13.1. The first kappa shape index (κ1) is 69.3. The van der Waals surface area contributed by atoms with Crippen LogP contribution in [0.4, 0.5) is 0 Å². The number of nitrogens with zero attached hydrogens (tertiary/aromatic N) is 4. The van der Waals surface area contributed by atoms with Gasteiger partial charge < -0.3 is 60.8 Å². The van der Waals surface area contributed by atoms with Gasteiger partial charge in [0.05, 0.1) is 45.6 Å². The summed E-state index contributed by atoms with van der Waals surface area (Å²) in [5.41, 5.74) is 22.9. The molecule has 0 aromatic carbocycles. The van der Waals surface area contributed by atoms with E-state index in [9.17, 15) is 79.2 Å². The van der Waals surface area contributed by atoms with E-state index in [-0.39, 0.29) is 103 Å². The Bertz CT molecular complexity index is 4790. The van der Waals surface area contributed by atoms with Crippen molar-refractivity contribution in [2.24, 2.45) is 0 Å². The molecule has 0 fully saturated rings. The number of allylic oxidation sites excluding steroid dienone is 8. The predicted molar refractivity (Wildman–Crippen MR) is 362 cm³/mol. The Kier molecular flexibility index (Phi) is 21.0. The molecule has 12 N–H and O–H groups in total. The number of hydrogen-bond acceptors (Lipinski definition) is 12. The summed E-state index contributed by atoms with van der Waals surface area (Å²) in [4.78, 5) is 126. The molecule has 4 aliphatic rings. The van der Waals surface area contributed by atoms with Crippen LogP contribution in [-0.4, -0.2) is 128 Å². The summed E-state index contributed by atoms with van der Waals surface area (Å²) in [7, 11) is 0. The molecule has 0 radical (unpaired) electrons. The van der Waals surface area contributed by atoms with Crippen molar-refractivity contribution in [1.82, 2.24) is 39.9 Å². The summed E-state index contributed by atoms with van der Waals surface area (Å²) in [5, 5.41) is 76.0. The van der Waals surface area contributed by atoms with Crippen LogP contribution in [0.25, 0.3) is 88.7 Å². The lowest BCUT2D eigenvalue weighted by Crippen LogP contribution is -1.98. The third-order valence-electron chi connectivity index (χ3n) is 18.3. The Labute approximate surface area is 550 Å². The standard InChI is InChI=1S/2C36H38N4O8/c1-17-21(5-9-33(41)42)29-14-27-19(3)22(6-10-34(43)44)30(39-27)15-28-20(4)24(8-12-36(47)48)32(40-28)16-31-23(7-11-35(45)46)18(2)26(38-31)13-25(17)37-29;1-17-21(5-9-33(41)42)29-14-26-19(3)23(7-11-35(45)46)31(39-26)16-28-20(4)24(8-12-36(47)48)32(40-28)15-27-18(2)22(6-10-34(43)44)30(38-27)13-25(17)37-29/h13-16,39-40H,5-12H2,1-4H3,(H,41,42)(H,43,44)(H,45,46)(H,47,48);13-16,37-38H,5-12H2,1-4H3,(H,41,42)(H,43,44)(H,45,46)(H,47,48). The number of hydrogen-bond donors (Lipinski definition) is 12. The van der Waals surface area contributed by atoms with Gasteiger partial charge in [-0.15, -0.1) is 0 Å². The van der Waals surface area contributed by atoms with E-state index >= 15 is 0 Å². The molecule has 0 saturated heterocycles.